The fraction of sp³-hybridized carbons (Fsp3) is 0. The van der Waals surface area contributed by atoms with E-state index in [1.54, 1.807) is 6.20 Å². The van der Waals surface area contributed by atoms with Crippen molar-refractivity contribution in [2.45, 2.75) is 0 Å². The number of hydrogen-bond donors (Lipinski definition) is 2. The lowest BCUT2D eigenvalue weighted by Gasteiger charge is -1.93. The number of aromatic amines is 1. The monoisotopic (exact) mass is 145 g/mol. The zero-order valence-electron chi connectivity index (χ0n) is 5.83. The Labute approximate surface area is 63.2 Å². The first-order chi connectivity index (χ1) is 5.38. The number of benzene rings is 1. The fourth-order valence-electron chi connectivity index (χ4n) is 1.06. The van der Waals surface area contributed by atoms with E-state index in [0.29, 0.717) is 5.49 Å². The molecule has 1 aromatic carbocycles. The van der Waals surface area contributed by atoms with Gasteiger partial charge in [-0.05, 0) is 0 Å². The van der Waals surface area contributed by atoms with Gasteiger partial charge in [0.15, 0.2) is 0 Å². The number of nitrogens with one attached hydrogen (secondary N) is 2. The van der Waals surface area contributed by atoms with E-state index in [-0.39, 0.29) is 0 Å². The fourth-order valence-corrected chi connectivity index (χ4v) is 1.06. The number of rotatable bonds is 0. The standard InChI is InChI=1S/C8H7N3/c9-8-7-4-2-1-3-6(7)5-10-11-8/h1-5H,(H2,9,11). The largest absolute Gasteiger partial charge is 0.283 e. The predicted octanol–water partition coefficient (Wildman–Crippen LogP) is 1.04. The first kappa shape index (κ1) is 6.09. The average Bonchev–Trinajstić information content (AvgIpc) is 2.06. The Kier molecular flexibility index (Phi) is 1.22. The van der Waals surface area contributed by atoms with E-state index in [4.69, 9.17) is 5.41 Å². The summed E-state index contributed by atoms with van der Waals surface area (Å²) in [6, 6.07) is 7.68. The molecule has 0 bridgehead atoms. The Morgan fingerprint density at radius 3 is 2.91 bits per heavy atom. The minimum Gasteiger partial charge on any atom is -0.283 e. The normalized spacial score (nSPS) is 10.2. The minimum absolute atomic E-state index is 0.364. The van der Waals surface area contributed by atoms with Crippen molar-refractivity contribution < 1.29 is 0 Å². The van der Waals surface area contributed by atoms with E-state index in [0.717, 1.165) is 10.8 Å². The van der Waals surface area contributed by atoms with Crippen molar-refractivity contribution in [1.29, 1.82) is 5.41 Å². The molecule has 1 aromatic heterocycles. The Balaban J connectivity index is 3.03. The van der Waals surface area contributed by atoms with Crippen LogP contribution in [0, 0.1) is 5.41 Å². The second-order valence-corrected chi connectivity index (χ2v) is 2.33. The Morgan fingerprint density at radius 1 is 1.27 bits per heavy atom. The molecule has 2 rings (SSSR count). The van der Waals surface area contributed by atoms with Crippen LogP contribution in [0.1, 0.15) is 0 Å². The van der Waals surface area contributed by atoms with Gasteiger partial charge in [-0.1, -0.05) is 24.3 Å². The van der Waals surface area contributed by atoms with Gasteiger partial charge in [-0.25, -0.2) is 0 Å². The van der Waals surface area contributed by atoms with Crippen LogP contribution in [0.2, 0.25) is 0 Å². The van der Waals surface area contributed by atoms with Gasteiger partial charge in [0.2, 0.25) is 0 Å². The summed E-state index contributed by atoms with van der Waals surface area (Å²) in [5.41, 5.74) is 0.364. The van der Waals surface area contributed by atoms with E-state index in [1.807, 2.05) is 24.3 Å². The summed E-state index contributed by atoms with van der Waals surface area (Å²) in [7, 11) is 0. The number of H-pyrrole nitrogens is 1. The predicted molar refractivity (Wildman–Crippen MR) is 41.9 cm³/mol. The second kappa shape index (κ2) is 2.20. The van der Waals surface area contributed by atoms with Crippen LogP contribution in [0.5, 0.6) is 0 Å². The van der Waals surface area contributed by atoms with E-state index in [1.165, 1.54) is 0 Å². The third-order valence-corrected chi connectivity index (χ3v) is 1.61. The molecule has 0 aliphatic carbocycles. The van der Waals surface area contributed by atoms with E-state index in [2.05, 4.69) is 10.2 Å². The van der Waals surface area contributed by atoms with Gasteiger partial charge >= 0.3 is 0 Å². The Hall–Kier alpha value is -1.64. The summed E-state index contributed by atoms with van der Waals surface area (Å²) < 4.78 is 0. The van der Waals surface area contributed by atoms with Gasteiger partial charge in [0.05, 0.1) is 6.20 Å². The highest BCUT2D eigenvalue weighted by molar-refractivity contribution is 5.79. The molecule has 2 aromatic rings. The van der Waals surface area contributed by atoms with Gasteiger partial charge in [0, 0.05) is 10.8 Å². The molecule has 0 radical (unpaired) electrons. The highest BCUT2D eigenvalue weighted by atomic mass is 15.1. The molecule has 0 fully saturated rings. The van der Waals surface area contributed by atoms with Crippen LogP contribution in [-0.4, -0.2) is 10.2 Å². The summed E-state index contributed by atoms with van der Waals surface area (Å²) in [6.07, 6.45) is 1.72. The molecule has 0 aliphatic rings. The van der Waals surface area contributed by atoms with Crippen LogP contribution in [-0.2, 0) is 0 Å². The quantitative estimate of drug-likeness (QED) is 0.571. The molecule has 11 heavy (non-hydrogen) atoms. The zero-order valence-corrected chi connectivity index (χ0v) is 5.83. The summed E-state index contributed by atoms with van der Waals surface area (Å²) in [4.78, 5) is 0. The number of nitrogens with zero attached hydrogens (tertiary/aromatic N) is 1. The highest BCUT2D eigenvalue weighted by Gasteiger charge is 1.91. The van der Waals surface area contributed by atoms with Crippen molar-refractivity contribution in [3.05, 3.63) is 36.0 Å². The van der Waals surface area contributed by atoms with Gasteiger partial charge in [-0.2, -0.15) is 5.10 Å². The Bertz CT molecular complexity index is 425. The molecule has 0 aliphatic heterocycles. The second-order valence-electron chi connectivity index (χ2n) is 2.33. The van der Waals surface area contributed by atoms with Crippen molar-refractivity contribution in [2.75, 3.05) is 0 Å². The molecular formula is C8H7N3. The highest BCUT2D eigenvalue weighted by Crippen LogP contribution is 2.04. The molecule has 54 valence electrons. The molecule has 3 nitrogen and oxygen atoms in total. The van der Waals surface area contributed by atoms with Crippen molar-refractivity contribution in [3.8, 4) is 0 Å². The molecule has 1 heterocycles. The maximum absolute atomic E-state index is 7.45. The SMILES string of the molecule is N=c1[nH]ncc2ccccc12. The first-order valence-electron chi connectivity index (χ1n) is 3.35. The number of aromatic nitrogens is 2. The van der Waals surface area contributed by atoms with Crippen LogP contribution >= 0.6 is 0 Å². The maximum atomic E-state index is 7.45. The van der Waals surface area contributed by atoms with Crippen molar-refractivity contribution in [3.63, 3.8) is 0 Å². The maximum Gasteiger partial charge on any atom is 0.146 e. The van der Waals surface area contributed by atoms with Gasteiger partial charge in [0.1, 0.15) is 5.49 Å². The molecule has 0 atom stereocenters. The number of fused-ring (bicyclic) bond motifs is 1. The third-order valence-electron chi connectivity index (χ3n) is 1.61. The molecule has 0 spiro atoms. The third kappa shape index (κ3) is 0.902. The van der Waals surface area contributed by atoms with Crippen molar-refractivity contribution in [1.82, 2.24) is 10.2 Å². The first-order valence-corrected chi connectivity index (χ1v) is 3.35. The average molecular weight is 145 g/mol. The summed E-state index contributed by atoms with van der Waals surface area (Å²) >= 11 is 0. The van der Waals surface area contributed by atoms with Crippen LogP contribution in [0.4, 0.5) is 0 Å². The van der Waals surface area contributed by atoms with Crippen molar-refractivity contribution >= 4 is 10.8 Å². The molecular weight excluding hydrogens is 138 g/mol. The molecule has 0 amide bonds. The smallest absolute Gasteiger partial charge is 0.146 e. The molecule has 0 unspecified atom stereocenters. The van der Waals surface area contributed by atoms with E-state index in [9.17, 15) is 0 Å². The van der Waals surface area contributed by atoms with Gasteiger partial charge in [-0.15, -0.1) is 0 Å². The van der Waals surface area contributed by atoms with Gasteiger partial charge < -0.3 is 0 Å². The summed E-state index contributed by atoms with van der Waals surface area (Å²) in [5, 5.41) is 15.7. The van der Waals surface area contributed by atoms with Crippen LogP contribution < -0.4 is 5.49 Å². The molecule has 0 saturated heterocycles. The van der Waals surface area contributed by atoms with Crippen LogP contribution in [0.3, 0.4) is 0 Å². The lowest BCUT2D eigenvalue weighted by molar-refractivity contribution is 0.958. The van der Waals surface area contributed by atoms with Gasteiger partial charge in [0.25, 0.3) is 0 Å². The summed E-state index contributed by atoms with van der Waals surface area (Å²) in [5.74, 6) is 0. The molecule has 0 saturated carbocycles. The Morgan fingerprint density at radius 2 is 2.09 bits per heavy atom. The zero-order chi connectivity index (χ0) is 7.68. The van der Waals surface area contributed by atoms with Crippen molar-refractivity contribution in [2.24, 2.45) is 0 Å². The summed E-state index contributed by atoms with van der Waals surface area (Å²) in [6.45, 7) is 0. The molecule has 2 N–H and O–H groups in total. The van der Waals surface area contributed by atoms with Crippen LogP contribution in [0.15, 0.2) is 30.5 Å². The lowest BCUT2D eigenvalue weighted by atomic mass is 10.2. The minimum atomic E-state index is 0.364. The topological polar surface area (TPSA) is 52.5 Å². The molecule has 3 heteroatoms. The lowest BCUT2D eigenvalue weighted by Crippen LogP contribution is -2.06. The van der Waals surface area contributed by atoms with Crippen LogP contribution in [0.25, 0.3) is 10.8 Å². The van der Waals surface area contributed by atoms with Gasteiger partial charge in [-0.3, -0.25) is 10.5 Å². The van der Waals surface area contributed by atoms with E-state index < -0.39 is 0 Å². The number of hydrogen-bond acceptors (Lipinski definition) is 2. The van der Waals surface area contributed by atoms with E-state index >= 15 is 0 Å².